The lowest BCUT2D eigenvalue weighted by molar-refractivity contribution is -0.137. The van der Waals surface area contributed by atoms with E-state index in [1.807, 2.05) is 23.1 Å². The molecule has 1 fully saturated rings. The lowest BCUT2D eigenvalue weighted by atomic mass is 9.95. The Labute approximate surface area is 187 Å². The number of likely N-dealkylation sites (tertiary alicyclic amines) is 1. The van der Waals surface area contributed by atoms with Crippen molar-refractivity contribution in [2.75, 3.05) is 6.54 Å². The number of hydrogen-bond acceptors (Lipinski definition) is 3. The van der Waals surface area contributed by atoms with Crippen LogP contribution in [0.25, 0.3) is 0 Å². The van der Waals surface area contributed by atoms with Crippen LogP contribution in [0.5, 0.6) is 0 Å². The van der Waals surface area contributed by atoms with Crippen LogP contribution in [0, 0.1) is 5.92 Å². The van der Waals surface area contributed by atoms with Crippen molar-refractivity contribution in [2.24, 2.45) is 5.92 Å². The standard InChI is InChI=1S/C26H39NO4/c1-21(11-8-9-14-22-12-5-4-6-13-22)24(28)18-16-23-17-19-25(29)27(23)20-10-3-2-7-15-26(30)31/h4-6,12-13,16,18,21,23-24,28H,2-3,7-11,14-15,17,19-20H2,1H3,(H,30,31)/t21-,23-,24+/m0/s1. The van der Waals surface area contributed by atoms with Gasteiger partial charge in [-0.3, -0.25) is 9.59 Å². The van der Waals surface area contributed by atoms with Gasteiger partial charge in [0, 0.05) is 19.4 Å². The zero-order valence-corrected chi connectivity index (χ0v) is 18.9. The molecule has 1 saturated heterocycles. The van der Waals surface area contributed by atoms with E-state index < -0.39 is 12.1 Å². The molecule has 3 atom stereocenters. The topological polar surface area (TPSA) is 77.8 Å². The summed E-state index contributed by atoms with van der Waals surface area (Å²) in [5.41, 5.74) is 1.36. The number of carbonyl (C=O) groups excluding carboxylic acids is 1. The van der Waals surface area contributed by atoms with E-state index >= 15 is 0 Å². The first-order valence-corrected chi connectivity index (χ1v) is 11.9. The molecular formula is C26H39NO4. The molecular weight excluding hydrogens is 390 g/mol. The van der Waals surface area contributed by atoms with E-state index in [1.54, 1.807) is 0 Å². The molecule has 1 aliphatic rings. The fraction of sp³-hybridized carbons (Fsp3) is 0.615. The monoisotopic (exact) mass is 429 g/mol. The van der Waals surface area contributed by atoms with Gasteiger partial charge >= 0.3 is 5.97 Å². The van der Waals surface area contributed by atoms with Crippen LogP contribution in [0.1, 0.15) is 76.7 Å². The predicted octanol–water partition coefficient (Wildman–Crippen LogP) is 4.98. The lowest BCUT2D eigenvalue weighted by Gasteiger charge is -2.23. The number of nitrogens with zero attached hydrogens (tertiary/aromatic N) is 1. The Kier molecular flexibility index (Phi) is 11.4. The molecule has 0 aromatic heterocycles. The van der Waals surface area contributed by atoms with Crippen molar-refractivity contribution in [3.63, 3.8) is 0 Å². The van der Waals surface area contributed by atoms with Gasteiger partial charge in [0.1, 0.15) is 0 Å². The largest absolute Gasteiger partial charge is 0.481 e. The Balaban J connectivity index is 1.66. The van der Waals surface area contributed by atoms with Crippen LogP contribution in [0.15, 0.2) is 42.5 Å². The fourth-order valence-corrected chi connectivity index (χ4v) is 4.20. The van der Waals surface area contributed by atoms with E-state index in [1.165, 1.54) is 5.56 Å². The summed E-state index contributed by atoms with van der Waals surface area (Å²) in [6.07, 6.45) is 12.7. The molecule has 2 rings (SSSR count). The second-order valence-corrected chi connectivity index (χ2v) is 8.84. The van der Waals surface area contributed by atoms with Gasteiger partial charge in [0.2, 0.25) is 5.91 Å². The molecule has 1 aromatic rings. The van der Waals surface area contributed by atoms with E-state index in [0.29, 0.717) is 19.4 Å². The Morgan fingerprint density at radius 3 is 2.61 bits per heavy atom. The Morgan fingerprint density at radius 2 is 1.87 bits per heavy atom. The zero-order chi connectivity index (χ0) is 22.5. The number of aliphatic hydroxyl groups excluding tert-OH is 1. The molecule has 1 amide bonds. The highest BCUT2D eigenvalue weighted by Crippen LogP contribution is 2.22. The molecule has 31 heavy (non-hydrogen) atoms. The number of benzene rings is 1. The Bertz CT molecular complexity index is 688. The molecule has 0 bridgehead atoms. The van der Waals surface area contributed by atoms with Crippen LogP contribution in [0.2, 0.25) is 0 Å². The van der Waals surface area contributed by atoms with Gasteiger partial charge in [-0.15, -0.1) is 0 Å². The molecule has 5 nitrogen and oxygen atoms in total. The number of aliphatic carboxylic acids is 1. The number of hydrogen-bond donors (Lipinski definition) is 2. The summed E-state index contributed by atoms with van der Waals surface area (Å²) in [4.78, 5) is 24.7. The third-order valence-corrected chi connectivity index (χ3v) is 6.25. The minimum atomic E-state index is -0.746. The van der Waals surface area contributed by atoms with Crippen LogP contribution >= 0.6 is 0 Å². The van der Waals surface area contributed by atoms with E-state index in [4.69, 9.17) is 5.11 Å². The van der Waals surface area contributed by atoms with Gasteiger partial charge in [-0.25, -0.2) is 0 Å². The predicted molar refractivity (Wildman–Crippen MR) is 124 cm³/mol. The summed E-state index contributed by atoms with van der Waals surface area (Å²) in [6.45, 7) is 2.80. The molecule has 1 aliphatic heterocycles. The molecule has 0 spiro atoms. The summed E-state index contributed by atoms with van der Waals surface area (Å²) >= 11 is 0. The van der Waals surface area contributed by atoms with Gasteiger partial charge < -0.3 is 15.1 Å². The maximum absolute atomic E-state index is 12.2. The molecule has 5 heteroatoms. The fourth-order valence-electron chi connectivity index (χ4n) is 4.20. The highest BCUT2D eigenvalue weighted by atomic mass is 16.4. The second kappa shape index (κ2) is 14.0. The Morgan fingerprint density at radius 1 is 1.13 bits per heavy atom. The van der Waals surface area contributed by atoms with Gasteiger partial charge in [0.05, 0.1) is 12.1 Å². The average Bonchev–Trinajstić information content (AvgIpc) is 3.11. The molecule has 172 valence electrons. The summed E-state index contributed by atoms with van der Waals surface area (Å²) in [6, 6.07) is 10.6. The molecule has 1 heterocycles. The van der Waals surface area contributed by atoms with Gasteiger partial charge in [0.25, 0.3) is 0 Å². The number of amides is 1. The number of aliphatic hydroxyl groups is 1. The van der Waals surface area contributed by atoms with Crippen molar-refractivity contribution in [1.29, 1.82) is 0 Å². The van der Waals surface area contributed by atoms with E-state index in [2.05, 4.69) is 31.2 Å². The molecule has 1 aromatic carbocycles. The summed E-state index contributed by atoms with van der Waals surface area (Å²) in [5, 5.41) is 19.2. The minimum absolute atomic E-state index is 0.0754. The molecule has 0 saturated carbocycles. The number of carbonyl (C=O) groups is 2. The van der Waals surface area contributed by atoms with Crippen molar-refractivity contribution in [1.82, 2.24) is 4.90 Å². The van der Waals surface area contributed by atoms with Crippen molar-refractivity contribution in [3.05, 3.63) is 48.0 Å². The lowest BCUT2D eigenvalue weighted by Crippen LogP contribution is -2.33. The van der Waals surface area contributed by atoms with Crippen molar-refractivity contribution in [3.8, 4) is 0 Å². The van der Waals surface area contributed by atoms with Crippen molar-refractivity contribution >= 4 is 11.9 Å². The van der Waals surface area contributed by atoms with E-state index in [0.717, 1.165) is 51.4 Å². The molecule has 0 unspecified atom stereocenters. The minimum Gasteiger partial charge on any atom is -0.481 e. The highest BCUT2D eigenvalue weighted by molar-refractivity contribution is 5.79. The zero-order valence-electron chi connectivity index (χ0n) is 18.9. The molecule has 0 aliphatic carbocycles. The summed E-state index contributed by atoms with van der Waals surface area (Å²) in [7, 11) is 0. The maximum atomic E-state index is 12.2. The van der Waals surface area contributed by atoms with Crippen molar-refractivity contribution in [2.45, 2.75) is 89.7 Å². The summed E-state index contributed by atoms with van der Waals surface area (Å²) < 4.78 is 0. The highest BCUT2D eigenvalue weighted by Gasteiger charge is 2.28. The van der Waals surface area contributed by atoms with Gasteiger partial charge in [-0.05, 0) is 50.0 Å². The first-order chi connectivity index (χ1) is 15.0. The second-order valence-electron chi connectivity index (χ2n) is 8.84. The number of rotatable bonds is 15. The van der Waals surface area contributed by atoms with E-state index in [9.17, 15) is 14.7 Å². The SMILES string of the molecule is C[C@@H](CCCCc1ccccc1)[C@H](O)C=C[C@H]1CCC(=O)N1CCCCCCC(=O)O. The molecule has 2 N–H and O–H groups in total. The third kappa shape index (κ3) is 9.69. The normalized spacial score (nSPS) is 18.6. The average molecular weight is 430 g/mol. The van der Waals surface area contributed by atoms with Crippen LogP contribution in [0.3, 0.4) is 0 Å². The van der Waals surface area contributed by atoms with Gasteiger partial charge in [0.15, 0.2) is 0 Å². The van der Waals surface area contributed by atoms with Gasteiger partial charge in [-0.1, -0.05) is 68.7 Å². The van der Waals surface area contributed by atoms with E-state index in [-0.39, 0.29) is 24.3 Å². The first kappa shape index (κ1) is 25.1. The van der Waals surface area contributed by atoms with Gasteiger partial charge in [-0.2, -0.15) is 0 Å². The van der Waals surface area contributed by atoms with Crippen LogP contribution in [0.4, 0.5) is 0 Å². The number of unbranched alkanes of at least 4 members (excludes halogenated alkanes) is 4. The third-order valence-electron chi connectivity index (χ3n) is 6.25. The Hall–Kier alpha value is -2.14. The summed E-state index contributed by atoms with van der Waals surface area (Å²) in [5.74, 6) is -0.362. The maximum Gasteiger partial charge on any atom is 0.303 e. The smallest absolute Gasteiger partial charge is 0.303 e. The number of carboxylic acid groups (broad SMARTS) is 1. The molecule has 0 radical (unpaired) electrons. The van der Waals surface area contributed by atoms with Crippen molar-refractivity contribution < 1.29 is 19.8 Å². The van der Waals surface area contributed by atoms with Crippen LogP contribution in [-0.4, -0.2) is 45.7 Å². The quantitative estimate of drug-likeness (QED) is 0.304. The number of aryl methyl sites for hydroxylation is 1. The van der Waals surface area contributed by atoms with Crippen LogP contribution in [-0.2, 0) is 16.0 Å². The first-order valence-electron chi connectivity index (χ1n) is 11.9. The van der Waals surface area contributed by atoms with Crippen LogP contribution < -0.4 is 0 Å². The number of carboxylic acids is 1.